The molecular weight excluding hydrogens is 534 g/mol. The summed E-state index contributed by atoms with van der Waals surface area (Å²) >= 11 is 0. The quantitative estimate of drug-likeness (QED) is 0.216. The number of nitrogens with one attached hydrogen (secondary N) is 1. The Morgan fingerprint density at radius 3 is 2.81 bits per heavy atom. The molecule has 0 saturated carbocycles. The summed E-state index contributed by atoms with van der Waals surface area (Å²) in [5.74, 6) is 2.29. The number of allylic oxidation sites excluding steroid dienone is 2. The number of ether oxygens (including phenoxy) is 2. The SMILES string of the molecule is O=C(c1cc(NCc2cc#ccc2)nc2ccc(-c3ccc4c(c3)OCO4)cc12)N1CCC[C@H]1CCC1=CCCCCC1. The van der Waals surface area contributed by atoms with Gasteiger partial charge in [-0.2, -0.15) is 0 Å². The van der Waals surface area contributed by atoms with E-state index in [4.69, 9.17) is 14.5 Å². The van der Waals surface area contributed by atoms with Crippen molar-refractivity contribution in [2.45, 2.75) is 70.4 Å². The predicted octanol–water partition coefficient (Wildman–Crippen LogP) is 8.12. The summed E-state index contributed by atoms with van der Waals surface area (Å²) in [6.07, 6.45) is 13.0. The molecule has 3 heterocycles. The molecule has 0 spiro atoms. The molecule has 0 unspecified atom stereocenters. The fraction of sp³-hybridized carbons (Fsp3) is 0.351. The molecule has 1 atom stereocenters. The zero-order valence-corrected chi connectivity index (χ0v) is 24.5. The summed E-state index contributed by atoms with van der Waals surface area (Å²) in [5, 5.41) is 4.31. The summed E-state index contributed by atoms with van der Waals surface area (Å²) in [5.41, 5.74) is 6.19. The van der Waals surface area contributed by atoms with E-state index in [9.17, 15) is 4.79 Å². The van der Waals surface area contributed by atoms with E-state index in [2.05, 4.69) is 40.6 Å². The second-order valence-electron chi connectivity index (χ2n) is 11.8. The van der Waals surface area contributed by atoms with E-state index in [0.717, 1.165) is 71.3 Å². The van der Waals surface area contributed by atoms with Gasteiger partial charge in [-0.15, -0.1) is 0 Å². The maximum atomic E-state index is 14.4. The van der Waals surface area contributed by atoms with Crippen molar-refractivity contribution in [3.05, 3.63) is 95.6 Å². The second-order valence-corrected chi connectivity index (χ2v) is 11.8. The highest BCUT2D eigenvalue weighted by Gasteiger charge is 2.31. The fourth-order valence-electron chi connectivity index (χ4n) is 6.65. The van der Waals surface area contributed by atoms with Crippen LogP contribution in [0.25, 0.3) is 22.0 Å². The Balaban J connectivity index is 1.21. The lowest BCUT2D eigenvalue weighted by atomic mass is 9.98. The van der Waals surface area contributed by atoms with Crippen LogP contribution in [0.3, 0.4) is 0 Å². The minimum Gasteiger partial charge on any atom is -0.454 e. The number of benzene rings is 2. The minimum absolute atomic E-state index is 0.0956. The number of rotatable bonds is 8. The molecule has 0 radical (unpaired) electrons. The number of anilines is 1. The molecule has 1 aliphatic carbocycles. The number of likely N-dealkylation sites (tertiary alicyclic amines) is 1. The minimum atomic E-state index is 0.0956. The normalized spacial score (nSPS) is 17.8. The van der Waals surface area contributed by atoms with Gasteiger partial charge in [-0.25, -0.2) is 4.98 Å². The predicted molar refractivity (Wildman–Crippen MR) is 169 cm³/mol. The Kier molecular flexibility index (Phi) is 7.88. The average molecular weight is 572 g/mol. The average Bonchev–Trinajstić information content (AvgIpc) is 3.65. The standard InChI is InChI=1S/C37H37N3O3/c41-37(40-20-8-13-30(40)17-14-26-9-4-1-2-5-10-26)32-23-36(38-24-27-11-6-3-7-12-27)39-33-18-15-28(21-31(32)33)29-16-19-34-35(22-29)43-25-42-34/h6,9,11-12,15-16,18-19,21-23,30H,1-2,4-5,8,10,13-14,17,20,24-25H2,(H,38,39)/t30-/m0/s1. The molecule has 1 fully saturated rings. The summed E-state index contributed by atoms with van der Waals surface area (Å²) in [7, 11) is 0. The Labute approximate surface area is 253 Å². The number of hydrogen-bond acceptors (Lipinski definition) is 5. The molecule has 7 rings (SSSR count). The summed E-state index contributed by atoms with van der Waals surface area (Å²) in [6, 6.07) is 26.1. The second kappa shape index (κ2) is 12.4. The van der Waals surface area contributed by atoms with Crippen molar-refractivity contribution in [2.75, 3.05) is 18.7 Å². The van der Waals surface area contributed by atoms with Crippen molar-refractivity contribution in [2.24, 2.45) is 0 Å². The lowest BCUT2D eigenvalue weighted by molar-refractivity contribution is 0.0732. The van der Waals surface area contributed by atoms with Crippen LogP contribution in [0.4, 0.5) is 5.82 Å². The topological polar surface area (TPSA) is 63.7 Å². The number of aromatic nitrogens is 1. The number of fused-ring (bicyclic) bond motifs is 2. The number of amides is 1. The van der Waals surface area contributed by atoms with E-state index in [0.29, 0.717) is 17.9 Å². The highest BCUT2D eigenvalue weighted by Crippen LogP contribution is 2.37. The summed E-state index contributed by atoms with van der Waals surface area (Å²) in [4.78, 5) is 21.5. The fourth-order valence-corrected chi connectivity index (χ4v) is 6.65. The van der Waals surface area contributed by atoms with Gasteiger partial charge in [0.05, 0.1) is 11.1 Å². The van der Waals surface area contributed by atoms with E-state index in [1.807, 2.05) is 48.5 Å². The highest BCUT2D eigenvalue weighted by atomic mass is 16.7. The van der Waals surface area contributed by atoms with Crippen LogP contribution < -0.4 is 14.8 Å². The maximum absolute atomic E-state index is 14.4. The highest BCUT2D eigenvalue weighted by molar-refractivity contribution is 6.08. The monoisotopic (exact) mass is 571 g/mol. The molecule has 0 bridgehead atoms. The van der Waals surface area contributed by atoms with Gasteiger partial charge in [-0.05, 0) is 117 Å². The molecule has 1 aromatic heterocycles. The molecule has 43 heavy (non-hydrogen) atoms. The molecule has 4 aromatic rings. The number of pyridine rings is 1. The third-order valence-corrected chi connectivity index (χ3v) is 9.01. The Bertz CT molecular complexity index is 1650. The van der Waals surface area contributed by atoms with Crippen LogP contribution in [0.1, 0.15) is 73.7 Å². The molecule has 1 saturated heterocycles. The first-order chi connectivity index (χ1) is 21.2. The van der Waals surface area contributed by atoms with E-state index in [1.54, 1.807) is 5.57 Å². The van der Waals surface area contributed by atoms with Crippen molar-refractivity contribution in [1.29, 1.82) is 0 Å². The van der Waals surface area contributed by atoms with Crippen molar-refractivity contribution in [1.82, 2.24) is 9.88 Å². The van der Waals surface area contributed by atoms with E-state index < -0.39 is 0 Å². The van der Waals surface area contributed by atoms with Gasteiger partial charge in [0.15, 0.2) is 11.5 Å². The van der Waals surface area contributed by atoms with Crippen molar-refractivity contribution < 1.29 is 14.3 Å². The van der Waals surface area contributed by atoms with Gasteiger partial charge in [-0.3, -0.25) is 4.79 Å². The van der Waals surface area contributed by atoms with Crippen molar-refractivity contribution in [3.63, 3.8) is 0 Å². The first-order valence-electron chi connectivity index (χ1n) is 15.7. The van der Waals surface area contributed by atoms with Gasteiger partial charge in [-0.1, -0.05) is 42.3 Å². The first-order valence-corrected chi connectivity index (χ1v) is 15.7. The van der Waals surface area contributed by atoms with Gasteiger partial charge in [0.2, 0.25) is 6.79 Å². The number of carbonyl (C=O) groups is 1. The molecule has 3 aromatic carbocycles. The first kappa shape index (κ1) is 27.3. The number of nitrogens with zero attached hydrogens (tertiary/aromatic N) is 2. The Hall–Kier alpha value is -4.50. The summed E-state index contributed by atoms with van der Waals surface area (Å²) in [6.45, 7) is 1.63. The van der Waals surface area contributed by atoms with Crippen LogP contribution in [-0.2, 0) is 6.54 Å². The molecule has 6 heteroatoms. The Morgan fingerprint density at radius 2 is 1.88 bits per heavy atom. The maximum Gasteiger partial charge on any atom is 0.254 e. The molecule has 1 amide bonds. The van der Waals surface area contributed by atoms with Crippen LogP contribution >= 0.6 is 0 Å². The van der Waals surface area contributed by atoms with Crippen LogP contribution in [0.2, 0.25) is 0 Å². The molecule has 2 aliphatic heterocycles. The van der Waals surface area contributed by atoms with Crippen LogP contribution in [0.15, 0.2) is 72.3 Å². The molecule has 6 nitrogen and oxygen atoms in total. The number of carbonyl (C=O) groups excluding carboxylic acids is 1. The molecule has 1 N–H and O–H groups in total. The molecule has 3 aliphatic rings. The zero-order valence-electron chi connectivity index (χ0n) is 24.5. The van der Waals surface area contributed by atoms with Crippen molar-refractivity contribution in [3.8, 4) is 22.6 Å². The smallest absolute Gasteiger partial charge is 0.254 e. The van der Waals surface area contributed by atoms with E-state index >= 15 is 0 Å². The summed E-state index contributed by atoms with van der Waals surface area (Å²) < 4.78 is 11.1. The van der Waals surface area contributed by atoms with Gasteiger partial charge in [0.25, 0.3) is 5.91 Å². The van der Waals surface area contributed by atoms with E-state index in [-0.39, 0.29) is 18.7 Å². The largest absolute Gasteiger partial charge is 0.454 e. The third-order valence-electron chi connectivity index (χ3n) is 9.01. The van der Waals surface area contributed by atoms with E-state index in [1.165, 1.54) is 32.1 Å². The molecular formula is C37H37N3O3. The molecule has 218 valence electrons. The van der Waals surface area contributed by atoms with Crippen LogP contribution in [0, 0.1) is 12.1 Å². The van der Waals surface area contributed by atoms with Gasteiger partial charge in [0.1, 0.15) is 5.82 Å². The Morgan fingerprint density at radius 1 is 0.977 bits per heavy atom. The van der Waals surface area contributed by atoms with Crippen molar-refractivity contribution >= 4 is 22.6 Å². The lowest BCUT2D eigenvalue weighted by Gasteiger charge is -2.26. The van der Waals surface area contributed by atoms with Gasteiger partial charge in [0, 0.05) is 24.5 Å². The van der Waals surface area contributed by atoms with Gasteiger partial charge < -0.3 is 19.7 Å². The third kappa shape index (κ3) is 6.03. The van der Waals surface area contributed by atoms with Crippen LogP contribution in [0.5, 0.6) is 11.5 Å². The lowest BCUT2D eigenvalue weighted by Crippen LogP contribution is -2.35. The zero-order chi connectivity index (χ0) is 29.0. The van der Waals surface area contributed by atoms with Gasteiger partial charge >= 0.3 is 0 Å². The number of hydrogen-bond donors (Lipinski definition) is 1. The van der Waals surface area contributed by atoms with Crippen LogP contribution in [-0.4, -0.2) is 35.2 Å².